The number of allylic oxidation sites excluding steroid dienone is 2. The van der Waals surface area contributed by atoms with Gasteiger partial charge in [0.15, 0.2) is 0 Å². The quantitative estimate of drug-likeness (QED) is 0.479. The van der Waals surface area contributed by atoms with E-state index >= 15 is 0 Å². The first kappa shape index (κ1) is 9.74. The van der Waals surface area contributed by atoms with Gasteiger partial charge in [-0.2, -0.15) is 0 Å². The SMILES string of the molecule is CC.[CH2]C=C1CCCCC1. The lowest BCUT2D eigenvalue weighted by molar-refractivity contribution is 0.599. The lowest BCUT2D eigenvalue weighted by Crippen LogP contribution is -1.91. The average molecular weight is 139 g/mol. The summed E-state index contributed by atoms with van der Waals surface area (Å²) in [5, 5.41) is 0. The first-order valence-electron chi connectivity index (χ1n) is 4.40. The highest BCUT2D eigenvalue weighted by atomic mass is 14.1. The zero-order valence-electron chi connectivity index (χ0n) is 7.32. The third kappa shape index (κ3) is 3.71. The molecule has 0 atom stereocenters. The summed E-state index contributed by atoms with van der Waals surface area (Å²) >= 11 is 0. The van der Waals surface area contributed by atoms with E-state index in [1.165, 1.54) is 32.1 Å². The van der Waals surface area contributed by atoms with Gasteiger partial charge in [-0.15, -0.1) is 0 Å². The van der Waals surface area contributed by atoms with E-state index < -0.39 is 0 Å². The number of hydrogen-bond donors (Lipinski definition) is 0. The Morgan fingerprint density at radius 1 is 1.10 bits per heavy atom. The van der Waals surface area contributed by atoms with Gasteiger partial charge in [0.05, 0.1) is 0 Å². The number of hydrogen-bond acceptors (Lipinski definition) is 0. The molecule has 59 valence electrons. The molecule has 1 radical (unpaired) electrons. The van der Waals surface area contributed by atoms with Gasteiger partial charge >= 0.3 is 0 Å². The maximum Gasteiger partial charge on any atom is -0.0313 e. The predicted molar refractivity (Wildman–Crippen MR) is 47.9 cm³/mol. The van der Waals surface area contributed by atoms with E-state index in [2.05, 4.69) is 6.92 Å². The van der Waals surface area contributed by atoms with Crippen molar-refractivity contribution in [2.45, 2.75) is 46.0 Å². The van der Waals surface area contributed by atoms with Crippen molar-refractivity contribution in [2.75, 3.05) is 0 Å². The van der Waals surface area contributed by atoms with Crippen LogP contribution in [0.2, 0.25) is 0 Å². The highest BCUT2D eigenvalue weighted by molar-refractivity contribution is 5.05. The molecule has 0 aliphatic heterocycles. The van der Waals surface area contributed by atoms with Crippen LogP contribution >= 0.6 is 0 Å². The van der Waals surface area contributed by atoms with Gasteiger partial charge in [-0.1, -0.05) is 31.9 Å². The van der Waals surface area contributed by atoms with Gasteiger partial charge in [-0.3, -0.25) is 0 Å². The number of rotatable bonds is 0. The van der Waals surface area contributed by atoms with Gasteiger partial charge in [0, 0.05) is 0 Å². The van der Waals surface area contributed by atoms with Crippen LogP contribution in [-0.4, -0.2) is 0 Å². The molecular weight excluding hydrogens is 120 g/mol. The van der Waals surface area contributed by atoms with E-state index in [1.54, 1.807) is 5.57 Å². The van der Waals surface area contributed by atoms with E-state index in [4.69, 9.17) is 0 Å². The minimum atomic E-state index is 1.31. The molecule has 0 N–H and O–H groups in total. The summed E-state index contributed by atoms with van der Waals surface area (Å²) in [6, 6.07) is 0. The van der Waals surface area contributed by atoms with Crippen LogP contribution in [0.3, 0.4) is 0 Å². The fourth-order valence-electron chi connectivity index (χ4n) is 1.21. The zero-order chi connectivity index (χ0) is 7.82. The largest absolute Gasteiger partial charge is 0.0850 e. The summed E-state index contributed by atoms with van der Waals surface area (Å²) in [7, 11) is 0. The Bertz CT molecular complexity index is 82.2. The normalized spacial score (nSPS) is 17.3. The summed E-state index contributed by atoms with van der Waals surface area (Å²) in [6.07, 6.45) is 8.85. The summed E-state index contributed by atoms with van der Waals surface area (Å²) in [5.41, 5.74) is 1.57. The summed E-state index contributed by atoms with van der Waals surface area (Å²) in [6.45, 7) is 7.75. The summed E-state index contributed by atoms with van der Waals surface area (Å²) in [4.78, 5) is 0. The maximum absolute atomic E-state index is 3.75. The molecular formula is C10H19. The average Bonchev–Trinajstić information content (AvgIpc) is 2.10. The fourth-order valence-corrected chi connectivity index (χ4v) is 1.21. The molecule has 0 heterocycles. The second-order valence-corrected chi connectivity index (χ2v) is 2.42. The molecule has 0 aromatic carbocycles. The Labute approximate surface area is 65.3 Å². The molecule has 1 fully saturated rings. The molecule has 0 saturated heterocycles. The fraction of sp³-hybridized carbons (Fsp3) is 0.700. The van der Waals surface area contributed by atoms with Gasteiger partial charge in [0.2, 0.25) is 0 Å². The molecule has 0 spiro atoms. The van der Waals surface area contributed by atoms with Crippen LogP contribution in [0.25, 0.3) is 0 Å². The van der Waals surface area contributed by atoms with Crippen molar-refractivity contribution in [2.24, 2.45) is 0 Å². The molecule has 0 amide bonds. The highest BCUT2D eigenvalue weighted by Crippen LogP contribution is 2.21. The van der Waals surface area contributed by atoms with Crippen molar-refractivity contribution in [3.05, 3.63) is 18.6 Å². The summed E-state index contributed by atoms with van der Waals surface area (Å²) in [5.74, 6) is 0. The first-order valence-corrected chi connectivity index (χ1v) is 4.40. The Hall–Kier alpha value is -0.260. The molecule has 10 heavy (non-hydrogen) atoms. The van der Waals surface area contributed by atoms with Crippen LogP contribution in [-0.2, 0) is 0 Å². The van der Waals surface area contributed by atoms with Gasteiger partial charge in [-0.05, 0) is 32.6 Å². The van der Waals surface area contributed by atoms with Crippen molar-refractivity contribution >= 4 is 0 Å². The molecule has 1 saturated carbocycles. The van der Waals surface area contributed by atoms with Crippen molar-refractivity contribution in [3.8, 4) is 0 Å². The predicted octanol–water partition coefficient (Wildman–Crippen LogP) is 3.74. The third-order valence-corrected chi connectivity index (χ3v) is 1.78. The van der Waals surface area contributed by atoms with E-state index in [0.717, 1.165) is 0 Å². The zero-order valence-corrected chi connectivity index (χ0v) is 7.32. The molecule has 0 heteroatoms. The van der Waals surface area contributed by atoms with Crippen molar-refractivity contribution in [1.29, 1.82) is 0 Å². The van der Waals surface area contributed by atoms with Crippen LogP contribution in [0, 0.1) is 6.92 Å². The summed E-state index contributed by atoms with van der Waals surface area (Å²) < 4.78 is 0. The standard InChI is InChI=1S/C8H13.C2H6/c1-2-8-6-4-3-5-7-8;1-2/h2H,1,3-7H2;1-2H3. The molecule has 1 aliphatic rings. The van der Waals surface area contributed by atoms with Crippen LogP contribution < -0.4 is 0 Å². The van der Waals surface area contributed by atoms with Crippen LogP contribution in [0.5, 0.6) is 0 Å². The Morgan fingerprint density at radius 2 is 1.60 bits per heavy atom. The highest BCUT2D eigenvalue weighted by Gasteiger charge is 2.02. The first-order chi connectivity index (χ1) is 4.93. The molecule has 0 aromatic heterocycles. The smallest absolute Gasteiger partial charge is 0.0313 e. The molecule has 0 unspecified atom stereocenters. The molecule has 1 aliphatic carbocycles. The molecule has 0 bridgehead atoms. The second-order valence-electron chi connectivity index (χ2n) is 2.42. The second kappa shape index (κ2) is 6.85. The van der Waals surface area contributed by atoms with Crippen LogP contribution in [0.4, 0.5) is 0 Å². The van der Waals surface area contributed by atoms with Crippen molar-refractivity contribution in [1.82, 2.24) is 0 Å². The Morgan fingerprint density at radius 3 is 1.90 bits per heavy atom. The molecule has 0 nitrogen and oxygen atoms in total. The van der Waals surface area contributed by atoms with Crippen LogP contribution in [0.1, 0.15) is 46.0 Å². The van der Waals surface area contributed by atoms with Crippen molar-refractivity contribution < 1.29 is 0 Å². The van der Waals surface area contributed by atoms with Gasteiger partial charge in [0.1, 0.15) is 0 Å². The van der Waals surface area contributed by atoms with E-state index in [-0.39, 0.29) is 0 Å². The third-order valence-electron chi connectivity index (χ3n) is 1.78. The van der Waals surface area contributed by atoms with Crippen LogP contribution in [0.15, 0.2) is 11.6 Å². The minimum absolute atomic E-state index is 1.31. The lowest BCUT2D eigenvalue weighted by Gasteiger charge is -2.11. The van der Waals surface area contributed by atoms with E-state index in [0.29, 0.717) is 0 Å². The van der Waals surface area contributed by atoms with Crippen molar-refractivity contribution in [3.63, 3.8) is 0 Å². The minimum Gasteiger partial charge on any atom is -0.0850 e. The van der Waals surface area contributed by atoms with Gasteiger partial charge in [0.25, 0.3) is 0 Å². The Balaban J connectivity index is 0.000000371. The Kier molecular flexibility index (Phi) is 6.68. The van der Waals surface area contributed by atoms with Gasteiger partial charge < -0.3 is 0 Å². The van der Waals surface area contributed by atoms with E-state index in [9.17, 15) is 0 Å². The van der Waals surface area contributed by atoms with E-state index in [1.807, 2.05) is 19.9 Å². The topological polar surface area (TPSA) is 0 Å². The molecule has 1 rings (SSSR count). The maximum atomic E-state index is 3.75. The molecule has 0 aromatic rings. The van der Waals surface area contributed by atoms with Gasteiger partial charge in [-0.25, -0.2) is 0 Å². The monoisotopic (exact) mass is 139 g/mol. The lowest BCUT2D eigenvalue weighted by atomic mass is 9.95.